The standard InChI is InChI=1S/C12H14FNO2S/c1-10-6-8-14(9-7-10)17(15,16)12-4-2-11(13)3-5-12/h2-6H,7-9H2,1H3. The summed E-state index contributed by atoms with van der Waals surface area (Å²) in [6.07, 6.45) is 2.66. The van der Waals surface area contributed by atoms with Crippen LogP contribution in [0, 0.1) is 5.82 Å². The van der Waals surface area contributed by atoms with Crippen molar-refractivity contribution in [2.75, 3.05) is 13.1 Å². The molecule has 0 radical (unpaired) electrons. The van der Waals surface area contributed by atoms with Gasteiger partial charge in [-0.2, -0.15) is 4.31 Å². The SMILES string of the molecule is CC1=CCN(S(=O)(=O)c2ccc(F)cc2)CC1. The highest BCUT2D eigenvalue weighted by Gasteiger charge is 2.25. The number of hydrogen-bond acceptors (Lipinski definition) is 2. The van der Waals surface area contributed by atoms with Gasteiger partial charge in [0.2, 0.25) is 10.0 Å². The Morgan fingerprint density at radius 3 is 2.41 bits per heavy atom. The zero-order valence-corrected chi connectivity index (χ0v) is 10.4. The van der Waals surface area contributed by atoms with Gasteiger partial charge in [0.15, 0.2) is 0 Å². The van der Waals surface area contributed by atoms with E-state index in [1.165, 1.54) is 22.0 Å². The number of halogens is 1. The normalized spacial score (nSPS) is 17.9. The van der Waals surface area contributed by atoms with Crippen molar-refractivity contribution in [2.45, 2.75) is 18.2 Å². The molecule has 17 heavy (non-hydrogen) atoms. The highest BCUT2D eigenvalue weighted by Crippen LogP contribution is 2.20. The summed E-state index contributed by atoms with van der Waals surface area (Å²) in [6.45, 7) is 2.87. The Hall–Kier alpha value is -1.20. The van der Waals surface area contributed by atoms with E-state index >= 15 is 0 Å². The van der Waals surface area contributed by atoms with Crippen molar-refractivity contribution in [2.24, 2.45) is 0 Å². The number of nitrogens with zero attached hydrogens (tertiary/aromatic N) is 1. The molecule has 0 N–H and O–H groups in total. The van der Waals surface area contributed by atoms with Crippen LogP contribution in [0.3, 0.4) is 0 Å². The molecule has 5 heteroatoms. The maximum absolute atomic E-state index is 12.8. The summed E-state index contributed by atoms with van der Waals surface area (Å²) in [5, 5.41) is 0. The van der Waals surface area contributed by atoms with E-state index in [0.717, 1.165) is 18.6 Å². The summed E-state index contributed by atoms with van der Waals surface area (Å²) < 4.78 is 38.5. The molecule has 2 rings (SSSR count). The monoisotopic (exact) mass is 255 g/mol. The fourth-order valence-corrected chi connectivity index (χ4v) is 3.11. The Labute approximate surface area is 101 Å². The first-order valence-electron chi connectivity index (χ1n) is 5.41. The van der Waals surface area contributed by atoms with Gasteiger partial charge in [-0.25, -0.2) is 12.8 Å². The van der Waals surface area contributed by atoms with Gasteiger partial charge in [0.1, 0.15) is 5.82 Å². The van der Waals surface area contributed by atoms with Crippen molar-refractivity contribution in [3.63, 3.8) is 0 Å². The highest BCUT2D eigenvalue weighted by molar-refractivity contribution is 7.89. The molecular formula is C12H14FNO2S. The lowest BCUT2D eigenvalue weighted by molar-refractivity contribution is 0.431. The molecule has 0 bridgehead atoms. The van der Waals surface area contributed by atoms with Gasteiger partial charge in [0, 0.05) is 13.1 Å². The van der Waals surface area contributed by atoms with Crippen LogP contribution in [0.2, 0.25) is 0 Å². The lowest BCUT2D eigenvalue weighted by atomic mass is 10.1. The average molecular weight is 255 g/mol. The minimum absolute atomic E-state index is 0.145. The van der Waals surface area contributed by atoms with Crippen LogP contribution in [0.15, 0.2) is 40.8 Å². The number of rotatable bonds is 2. The second-order valence-corrected chi connectivity index (χ2v) is 6.06. The molecule has 0 aromatic heterocycles. The van der Waals surface area contributed by atoms with Crippen LogP contribution in [0.4, 0.5) is 4.39 Å². The van der Waals surface area contributed by atoms with Crippen LogP contribution in [0.1, 0.15) is 13.3 Å². The maximum Gasteiger partial charge on any atom is 0.243 e. The van der Waals surface area contributed by atoms with Crippen LogP contribution in [-0.4, -0.2) is 25.8 Å². The second-order valence-electron chi connectivity index (χ2n) is 4.12. The number of benzene rings is 1. The van der Waals surface area contributed by atoms with Crippen LogP contribution < -0.4 is 0 Å². The predicted molar refractivity (Wildman–Crippen MR) is 63.5 cm³/mol. The summed E-state index contributed by atoms with van der Waals surface area (Å²) in [4.78, 5) is 0.145. The first-order chi connectivity index (χ1) is 8.00. The fraction of sp³-hybridized carbons (Fsp3) is 0.333. The van der Waals surface area contributed by atoms with E-state index in [1.807, 2.05) is 13.0 Å². The quantitative estimate of drug-likeness (QED) is 0.759. The van der Waals surface area contributed by atoms with E-state index in [4.69, 9.17) is 0 Å². The summed E-state index contributed by atoms with van der Waals surface area (Å²) in [5.41, 5.74) is 1.20. The first kappa shape index (κ1) is 12.3. The van der Waals surface area contributed by atoms with E-state index in [9.17, 15) is 12.8 Å². The van der Waals surface area contributed by atoms with E-state index in [0.29, 0.717) is 13.1 Å². The molecule has 0 fully saturated rings. The molecule has 0 saturated carbocycles. The smallest absolute Gasteiger partial charge is 0.207 e. The van der Waals surface area contributed by atoms with Crippen molar-refractivity contribution in [3.05, 3.63) is 41.7 Å². The second kappa shape index (κ2) is 4.58. The van der Waals surface area contributed by atoms with Crippen LogP contribution in [0.25, 0.3) is 0 Å². The molecular weight excluding hydrogens is 241 g/mol. The van der Waals surface area contributed by atoms with Crippen LogP contribution >= 0.6 is 0 Å². The Kier molecular flexibility index (Phi) is 3.31. The molecule has 1 aromatic carbocycles. The molecule has 1 aliphatic rings. The molecule has 1 aliphatic heterocycles. The van der Waals surface area contributed by atoms with Gasteiger partial charge < -0.3 is 0 Å². The van der Waals surface area contributed by atoms with Crippen molar-refractivity contribution >= 4 is 10.0 Å². The zero-order valence-electron chi connectivity index (χ0n) is 9.56. The van der Waals surface area contributed by atoms with Crippen LogP contribution in [0.5, 0.6) is 0 Å². The lowest BCUT2D eigenvalue weighted by Crippen LogP contribution is -2.34. The molecule has 92 valence electrons. The number of hydrogen-bond donors (Lipinski definition) is 0. The van der Waals surface area contributed by atoms with Gasteiger partial charge in [-0.15, -0.1) is 0 Å². The van der Waals surface area contributed by atoms with Crippen molar-refractivity contribution in [3.8, 4) is 0 Å². The minimum atomic E-state index is -3.48. The van der Waals surface area contributed by atoms with Crippen LogP contribution in [-0.2, 0) is 10.0 Å². The Bertz CT molecular complexity index is 534. The lowest BCUT2D eigenvalue weighted by Gasteiger charge is -2.24. The largest absolute Gasteiger partial charge is 0.243 e. The van der Waals surface area contributed by atoms with Gasteiger partial charge in [-0.1, -0.05) is 11.6 Å². The first-order valence-corrected chi connectivity index (χ1v) is 6.85. The third kappa shape index (κ3) is 2.56. The van der Waals surface area contributed by atoms with Gasteiger partial charge in [-0.05, 0) is 37.6 Å². The summed E-state index contributed by atoms with van der Waals surface area (Å²) in [5.74, 6) is -0.432. The highest BCUT2D eigenvalue weighted by atomic mass is 32.2. The number of sulfonamides is 1. The third-order valence-electron chi connectivity index (χ3n) is 2.85. The van der Waals surface area contributed by atoms with Gasteiger partial charge in [0.05, 0.1) is 4.90 Å². The van der Waals surface area contributed by atoms with E-state index in [-0.39, 0.29) is 4.90 Å². The summed E-state index contributed by atoms with van der Waals surface area (Å²) in [7, 11) is -3.48. The fourth-order valence-electron chi connectivity index (χ4n) is 1.73. The molecule has 0 saturated heterocycles. The molecule has 0 atom stereocenters. The molecule has 1 heterocycles. The molecule has 3 nitrogen and oxygen atoms in total. The van der Waals surface area contributed by atoms with Crippen molar-refractivity contribution < 1.29 is 12.8 Å². The zero-order chi connectivity index (χ0) is 12.5. The summed E-state index contributed by atoms with van der Waals surface area (Å²) in [6, 6.07) is 4.93. The minimum Gasteiger partial charge on any atom is -0.207 e. The molecule has 0 aliphatic carbocycles. The van der Waals surface area contributed by atoms with Gasteiger partial charge in [-0.3, -0.25) is 0 Å². The Balaban J connectivity index is 2.28. The van der Waals surface area contributed by atoms with Crippen molar-refractivity contribution in [1.82, 2.24) is 4.31 Å². The molecule has 1 aromatic rings. The predicted octanol–water partition coefficient (Wildman–Crippen LogP) is 2.17. The molecule has 0 spiro atoms. The van der Waals surface area contributed by atoms with E-state index in [2.05, 4.69) is 0 Å². The van der Waals surface area contributed by atoms with E-state index < -0.39 is 15.8 Å². The van der Waals surface area contributed by atoms with Gasteiger partial charge >= 0.3 is 0 Å². The average Bonchev–Trinajstić information content (AvgIpc) is 2.30. The maximum atomic E-state index is 12.8. The molecule has 0 amide bonds. The Morgan fingerprint density at radius 1 is 1.24 bits per heavy atom. The van der Waals surface area contributed by atoms with E-state index in [1.54, 1.807) is 0 Å². The third-order valence-corrected chi connectivity index (χ3v) is 4.73. The van der Waals surface area contributed by atoms with Crippen molar-refractivity contribution in [1.29, 1.82) is 0 Å². The van der Waals surface area contributed by atoms with Gasteiger partial charge in [0.25, 0.3) is 0 Å². The topological polar surface area (TPSA) is 37.4 Å². The molecule has 0 unspecified atom stereocenters. The Morgan fingerprint density at radius 2 is 1.88 bits per heavy atom. The summed E-state index contributed by atoms with van der Waals surface area (Å²) >= 11 is 0.